The van der Waals surface area contributed by atoms with Gasteiger partial charge in [-0.1, -0.05) is 62.9 Å². The van der Waals surface area contributed by atoms with Crippen molar-refractivity contribution in [3.05, 3.63) is 108 Å². The van der Waals surface area contributed by atoms with Gasteiger partial charge >= 0.3 is 5.97 Å². The van der Waals surface area contributed by atoms with Gasteiger partial charge in [0.2, 0.25) is 0 Å². The third-order valence-electron chi connectivity index (χ3n) is 6.80. The molecule has 0 amide bonds. The fourth-order valence-corrected chi connectivity index (χ4v) is 5.13. The van der Waals surface area contributed by atoms with Gasteiger partial charge in [-0.2, -0.15) is 0 Å². The van der Waals surface area contributed by atoms with Crippen molar-refractivity contribution in [3.8, 4) is 22.4 Å². The first kappa shape index (κ1) is 32.2. The van der Waals surface area contributed by atoms with Gasteiger partial charge in [-0.25, -0.2) is 9.38 Å². The second-order valence-electron chi connectivity index (χ2n) is 10.4. The lowest BCUT2D eigenvalue weighted by molar-refractivity contribution is -0.139. The SMILES string of the molecule is C=C/C=C(\C=C/C)N=C(N)c1c(-c2ccccc2)c(-c2ccc(F)cc2)n(CC[C@@H](O)C[C@@H](O)CC(=O)O)c1C(C)C. The maximum atomic E-state index is 14.1. The van der Waals surface area contributed by atoms with E-state index < -0.39 is 24.6 Å². The van der Waals surface area contributed by atoms with E-state index in [4.69, 9.17) is 15.8 Å². The van der Waals surface area contributed by atoms with E-state index in [1.54, 1.807) is 24.3 Å². The van der Waals surface area contributed by atoms with Gasteiger partial charge in [0, 0.05) is 23.4 Å². The Kier molecular flexibility index (Phi) is 11.6. The predicted octanol–water partition coefficient (Wildman–Crippen LogP) is 6.41. The number of halogens is 1. The molecule has 0 aliphatic carbocycles. The number of aliphatic hydroxyl groups excluding tert-OH is 2. The van der Waals surface area contributed by atoms with Gasteiger partial charge in [0.15, 0.2) is 0 Å². The summed E-state index contributed by atoms with van der Waals surface area (Å²) in [6.07, 6.45) is 4.72. The second kappa shape index (κ2) is 15.1. The van der Waals surface area contributed by atoms with Gasteiger partial charge in [-0.15, -0.1) is 0 Å². The first-order valence-corrected chi connectivity index (χ1v) is 14.0. The molecule has 0 saturated carbocycles. The number of carboxylic acids is 1. The zero-order valence-electron chi connectivity index (χ0n) is 24.4. The average Bonchev–Trinajstić information content (AvgIpc) is 3.28. The Morgan fingerprint density at radius 2 is 1.74 bits per heavy atom. The average molecular weight is 574 g/mol. The lowest BCUT2D eigenvalue weighted by atomic mass is 9.94. The molecule has 2 aromatic carbocycles. The van der Waals surface area contributed by atoms with Crippen LogP contribution in [0.1, 0.15) is 57.2 Å². The molecule has 7 nitrogen and oxygen atoms in total. The molecule has 0 aliphatic rings. The number of hydrogen-bond acceptors (Lipinski definition) is 4. The Morgan fingerprint density at radius 3 is 2.31 bits per heavy atom. The number of aliphatic hydroxyl groups is 2. The van der Waals surface area contributed by atoms with E-state index in [1.165, 1.54) is 12.1 Å². The minimum absolute atomic E-state index is 0.0336. The van der Waals surface area contributed by atoms with Crippen molar-refractivity contribution in [1.82, 2.24) is 4.57 Å². The number of rotatable bonds is 14. The van der Waals surface area contributed by atoms with Crippen LogP contribution in [0.25, 0.3) is 22.4 Å². The summed E-state index contributed by atoms with van der Waals surface area (Å²) in [5.41, 5.74) is 12.3. The Morgan fingerprint density at radius 1 is 1.07 bits per heavy atom. The molecule has 1 aromatic heterocycles. The Bertz CT molecular complexity index is 1450. The third kappa shape index (κ3) is 8.15. The van der Waals surface area contributed by atoms with Crippen molar-refractivity contribution in [3.63, 3.8) is 0 Å². The number of carboxylic acid groups (broad SMARTS) is 1. The van der Waals surface area contributed by atoms with E-state index in [-0.39, 0.29) is 24.6 Å². The molecule has 0 spiro atoms. The number of benzene rings is 2. The molecule has 1 heterocycles. The van der Waals surface area contributed by atoms with E-state index in [2.05, 4.69) is 11.1 Å². The largest absolute Gasteiger partial charge is 0.481 e. The van der Waals surface area contributed by atoms with Crippen LogP contribution in [0.15, 0.2) is 96.2 Å². The summed E-state index contributed by atoms with van der Waals surface area (Å²) in [4.78, 5) is 15.8. The summed E-state index contributed by atoms with van der Waals surface area (Å²) < 4.78 is 16.1. The minimum atomic E-state index is -1.16. The quantitative estimate of drug-likeness (QED) is 0.101. The van der Waals surface area contributed by atoms with E-state index in [1.807, 2.05) is 63.3 Å². The van der Waals surface area contributed by atoms with Crippen LogP contribution >= 0.6 is 0 Å². The van der Waals surface area contributed by atoms with Crippen molar-refractivity contribution in [2.45, 2.75) is 64.7 Å². The first-order valence-electron chi connectivity index (χ1n) is 14.0. The van der Waals surface area contributed by atoms with Crippen LogP contribution in [0.3, 0.4) is 0 Å². The number of carbonyl (C=O) groups is 1. The zero-order valence-corrected chi connectivity index (χ0v) is 24.4. The minimum Gasteiger partial charge on any atom is -0.481 e. The molecule has 5 N–H and O–H groups in total. The molecule has 0 fully saturated rings. The van der Waals surface area contributed by atoms with Gasteiger partial charge in [0.05, 0.1) is 30.0 Å². The monoisotopic (exact) mass is 573 g/mol. The van der Waals surface area contributed by atoms with Crippen LogP contribution in [0.5, 0.6) is 0 Å². The number of aliphatic carboxylic acids is 1. The molecule has 0 aliphatic heterocycles. The molecule has 42 heavy (non-hydrogen) atoms. The molecule has 222 valence electrons. The number of aliphatic imine (C=N–C) groups is 1. The van der Waals surface area contributed by atoms with Crippen LogP contribution in [0.2, 0.25) is 0 Å². The number of hydrogen-bond donors (Lipinski definition) is 4. The summed E-state index contributed by atoms with van der Waals surface area (Å²) in [5.74, 6) is -1.23. The van der Waals surface area contributed by atoms with Crippen molar-refractivity contribution in [2.75, 3.05) is 0 Å². The number of amidine groups is 1. The maximum absolute atomic E-state index is 14.1. The Balaban J connectivity index is 2.32. The van der Waals surface area contributed by atoms with Gasteiger partial charge in [-0.05, 0) is 73.2 Å². The van der Waals surface area contributed by atoms with Crippen LogP contribution in [0.4, 0.5) is 4.39 Å². The van der Waals surface area contributed by atoms with Crippen LogP contribution in [-0.2, 0) is 11.3 Å². The molecule has 0 unspecified atom stereocenters. The van der Waals surface area contributed by atoms with Crippen molar-refractivity contribution < 1.29 is 24.5 Å². The summed E-state index contributed by atoms with van der Waals surface area (Å²) >= 11 is 0. The number of aromatic nitrogens is 1. The molecular formula is C34H40FN3O4. The molecule has 3 aromatic rings. The Labute approximate surface area is 246 Å². The zero-order chi connectivity index (χ0) is 30.8. The van der Waals surface area contributed by atoms with Crippen LogP contribution < -0.4 is 5.73 Å². The van der Waals surface area contributed by atoms with E-state index in [0.29, 0.717) is 18.1 Å². The van der Waals surface area contributed by atoms with Crippen LogP contribution in [-0.4, -0.2) is 43.9 Å². The van der Waals surface area contributed by atoms with Crippen LogP contribution in [0, 0.1) is 5.82 Å². The highest BCUT2D eigenvalue weighted by atomic mass is 19.1. The summed E-state index contributed by atoms with van der Waals surface area (Å²) in [6, 6.07) is 16.0. The molecule has 3 rings (SSSR count). The normalized spacial score (nSPS) is 14.0. The lowest BCUT2D eigenvalue weighted by Crippen LogP contribution is -2.23. The van der Waals surface area contributed by atoms with Crippen molar-refractivity contribution in [2.24, 2.45) is 10.7 Å². The number of allylic oxidation sites excluding steroid dienone is 4. The van der Waals surface area contributed by atoms with Crippen molar-refractivity contribution in [1.29, 1.82) is 0 Å². The van der Waals surface area contributed by atoms with E-state index in [9.17, 15) is 19.4 Å². The fraction of sp³-hybridized carbons (Fsp3) is 0.294. The van der Waals surface area contributed by atoms with Gasteiger partial charge in [0.25, 0.3) is 0 Å². The molecule has 0 radical (unpaired) electrons. The molecule has 8 heteroatoms. The molecular weight excluding hydrogens is 533 g/mol. The lowest BCUT2D eigenvalue weighted by Gasteiger charge is -2.20. The Hall–Kier alpha value is -4.27. The highest BCUT2D eigenvalue weighted by Crippen LogP contribution is 2.42. The van der Waals surface area contributed by atoms with E-state index >= 15 is 0 Å². The van der Waals surface area contributed by atoms with Crippen molar-refractivity contribution >= 4 is 11.8 Å². The maximum Gasteiger partial charge on any atom is 0.305 e. The van der Waals surface area contributed by atoms with Gasteiger partial charge < -0.3 is 25.6 Å². The summed E-state index contributed by atoms with van der Waals surface area (Å²) in [6.45, 7) is 10.1. The van der Waals surface area contributed by atoms with E-state index in [0.717, 1.165) is 33.6 Å². The highest BCUT2D eigenvalue weighted by molar-refractivity contribution is 6.09. The smallest absolute Gasteiger partial charge is 0.305 e. The summed E-state index contributed by atoms with van der Waals surface area (Å²) in [7, 11) is 0. The summed E-state index contributed by atoms with van der Waals surface area (Å²) in [5, 5.41) is 29.9. The molecule has 2 atom stereocenters. The topological polar surface area (TPSA) is 121 Å². The first-order chi connectivity index (χ1) is 20.1. The number of nitrogens with two attached hydrogens (primary N) is 1. The molecule has 0 saturated heterocycles. The third-order valence-corrected chi connectivity index (χ3v) is 6.80. The van der Waals surface area contributed by atoms with Gasteiger partial charge in [-0.3, -0.25) is 4.79 Å². The van der Waals surface area contributed by atoms with Gasteiger partial charge in [0.1, 0.15) is 11.7 Å². The number of nitrogens with zero attached hydrogens (tertiary/aromatic N) is 2. The molecule has 0 bridgehead atoms. The second-order valence-corrected chi connectivity index (χ2v) is 10.4. The predicted molar refractivity (Wildman–Crippen MR) is 167 cm³/mol. The highest BCUT2D eigenvalue weighted by Gasteiger charge is 2.29. The standard InChI is InChI=1S/C34H40FN3O4/c1-5-10-26(11-6-2)37-34(36)31-30(23-12-8-7-9-13-23)33(24-14-16-25(35)17-15-24)38(32(31)22(3)4)19-18-27(39)20-28(40)21-29(41)42/h5-17,22,27-28,39-40H,1,18-21H2,2-4H3,(H2,36,37)(H,41,42)/b11-6-,26-10+/t27-,28-/m1/s1. The fourth-order valence-electron chi connectivity index (χ4n) is 5.13.